The summed E-state index contributed by atoms with van der Waals surface area (Å²) in [6.45, 7) is 4.54. The van der Waals surface area contributed by atoms with Crippen molar-refractivity contribution in [3.8, 4) is 11.5 Å². The zero-order valence-corrected chi connectivity index (χ0v) is 14.9. The number of amides is 1. The highest BCUT2D eigenvalue weighted by atomic mass is 35.5. The lowest BCUT2D eigenvalue weighted by molar-refractivity contribution is -0.123. The molecule has 1 atom stereocenters. The molecule has 0 saturated carbocycles. The molecule has 1 aromatic carbocycles. The van der Waals surface area contributed by atoms with Gasteiger partial charge in [0.15, 0.2) is 17.3 Å². The van der Waals surface area contributed by atoms with Gasteiger partial charge in [-0.25, -0.2) is 0 Å². The highest BCUT2D eigenvalue weighted by molar-refractivity contribution is 5.98. The second kappa shape index (κ2) is 8.53. The first-order chi connectivity index (χ1) is 10.6. The molecule has 1 saturated heterocycles. The molecular weight excluding hydrogens is 357 g/mol. The minimum atomic E-state index is -0.643. The fourth-order valence-corrected chi connectivity index (χ4v) is 2.96. The number of nitrogens with one attached hydrogen (secondary N) is 1. The minimum Gasteiger partial charge on any atom is -0.454 e. The van der Waals surface area contributed by atoms with E-state index in [0.29, 0.717) is 35.7 Å². The number of primary amides is 1. The predicted octanol–water partition coefficient (Wildman–Crippen LogP) is 0.893. The fraction of sp³-hybridized carbons (Fsp3) is 0.467. The van der Waals surface area contributed by atoms with E-state index < -0.39 is 11.9 Å². The summed E-state index contributed by atoms with van der Waals surface area (Å²) >= 11 is 0. The number of benzene rings is 1. The number of fused-ring (bicyclic) bond motifs is 1. The molecule has 1 aromatic rings. The maximum Gasteiger partial charge on any atom is 0.239 e. The lowest BCUT2D eigenvalue weighted by Crippen LogP contribution is -2.48. The van der Waals surface area contributed by atoms with Crippen LogP contribution in [0.1, 0.15) is 28.9 Å². The van der Waals surface area contributed by atoms with E-state index >= 15 is 0 Å². The smallest absolute Gasteiger partial charge is 0.239 e. The summed E-state index contributed by atoms with van der Waals surface area (Å²) in [5.41, 5.74) is 6.67. The normalized spacial score (nSPS) is 17.4. The highest BCUT2D eigenvalue weighted by Crippen LogP contribution is 2.38. The van der Waals surface area contributed by atoms with Crippen LogP contribution in [0, 0.1) is 0 Å². The third-order valence-electron chi connectivity index (χ3n) is 4.00. The Morgan fingerprint density at radius 1 is 1.17 bits per heavy atom. The van der Waals surface area contributed by atoms with E-state index in [9.17, 15) is 9.59 Å². The monoisotopic (exact) mass is 377 g/mol. The molecule has 2 aliphatic rings. The van der Waals surface area contributed by atoms with Crippen molar-refractivity contribution in [2.24, 2.45) is 5.73 Å². The number of rotatable bonds is 4. The molecule has 1 unspecified atom stereocenters. The number of nitrogens with two attached hydrogens (primary N) is 1. The maximum atomic E-state index is 12.1. The van der Waals surface area contributed by atoms with E-state index in [2.05, 4.69) is 5.32 Å². The molecule has 7 nitrogen and oxygen atoms in total. The third kappa shape index (κ3) is 3.92. The van der Waals surface area contributed by atoms with Gasteiger partial charge in [0.05, 0.1) is 0 Å². The van der Waals surface area contributed by atoms with Gasteiger partial charge >= 0.3 is 0 Å². The molecular formula is C15H21Cl2N3O4. The molecule has 24 heavy (non-hydrogen) atoms. The van der Waals surface area contributed by atoms with Gasteiger partial charge in [-0.2, -0.15) is 0 Å². The van der Waals surface area contributed by atoms with Crippen molar-refractivity contribution in [2.75, 3.05) is 33.0 Å². The maximum absolute atomic E-state index is 12.1. The van der Waals surface area contributed by atoms with Crippen molar-refractivity contribution in [3.63, 3.8) is 0 Å². The Hall–Kier alpha value is -1.54. The van der Waals surface area contributed by atoms with Crippen molar-refractivity contribution in [1.82, 2.24) is 10.2 Å². The molecule has 2 heterocycles. The summed E-state index contributed by atoms with van der Waals surface area (Å²) in [6, 6.07) is 2.70. The van der Waals surface area contributed by atoms with Gasteiger partial charge < -0.3 is 20.5 Å². The second-order valence-corrected chi connectivity index (χ2v) is 5.44. The van der Waals surface area contributed by atoms with Gasteiger partial charge in [0, 0.05) is 31.7 Å². The van der Waals surface area contributed by atoms with Crippen LogP contribution in [0.2, 0.25) is 0 Å². The van der Waals surface area contributed by atoms with Crippen LogP contribution in [0.4, 0.5) is 0 Å². The lowest BCUT2D eigenvalue weighted by atomic mass is 9.95. The van der Waals surface area contributed by atoms with Crippen LogP contribution in [0.15, 0.2) is 12.1 Å². The zero-order valence-electron chi connectivity index (χ0n) is 13.2. The van der Waals surface area contributed by atoms with E-state index in [0.717, 1.165) is 13.1 Å². The second-order valence-electron chi connectivity index (χ2n) is 5.44. The average molecular weight is 378 g/mol. The fourth-order valence-electron chi connectivity index (χ4n) is 2.96. The average Bonchev–Trinajstić information content (AvgIpc) is 2.94. The summed E-state index contributed by atoms with van der Waals surface area (Å²) in [7, 11) is 0. The summed E-state index contributed by atoms with van der Waals surface area (Å²) in [6.07, 6.45) is 0. The van der Waals surface area contributed by atoms with Crippen LogP contribution in [0.5, 0.6) is 11.5 Å². The number of Topliss-reactive ketones (excluding diaryl/α,β-unsaturated/α-hetero) is 1. The summed E-state index contributed by atoms with van der Waals surface area (Å²) < 4.78 is 10.7. The van der Waals surface area contributed by atoms with Crippen molar-refractivity contribution in [2.45, 2.75) is 13.0 Å². The molecule has 0 radical (unpaired) electrons. The Morgan fingerprint density at radius 3 is 2.29 bits per heavy atom. The molecule has 1 fully saturated rings. The summed E-state index contributed by atoms with van der Waals surface area (Å²) in [4.78, 5) is 26.0. The number of halogens is 2. The Labute approximate surface area is 152 Å². The number of ether oxygens (including phenoxy) is 2. The van der Waals surface area contributed by atoms with Gasteiger partial charge in [0.25, 0.3) is 0 Å². The molecule has 0 aromatic heterocycles. The van der Waals surface area contributed by atoms with Crippen LogP contribution in [-0.4, -0.2) is 49.6 Å². The van der Waals surface area contributed by atoms with E-state index in [-0.39, 0.29) is 37.4 Å². The van der Waals surface area contributed by atoms with Crippen molar-refractivity contribution in [1.29, 1.82) is 0 Å². The quantitative estimate of drug-likeness (QED) is 0.756. The number of piperazine rings is 1. The van der Waals surface area contributed by atoms with Crippen LogP contribution < -0.4 is 20.5 Å². The summed E-state index contributed by atoms with van der Waals surface area (Å²) in [5, 5.41) is 3.23. The minimum absolute atomic E-state index is 0. The first kappa shape index (κ1) is 20.5. The Balaban J connectivity index is 0.00000144. The van der Waals surface area contributed by atoms with E-state index in [1.807, 2.05) is 4.90 Å². The van der Waals surface area contributed by atoms with Crippen LogP contribution in [-0.2, 0) is 4.79 Å². The largest absolute Gasteiger partial charge is 0.454 e. The summed E-state index contributed by atoms with van der Waals surface area (Å²) in [5.74, 6) is 0.469. The van der Waals surface area contributed by atoms with Gasteiger partial charge in [0.2, 0.25) is 12.7 Å². The highest BCUT2D eigenvalue weighted by Gasteiger charge is 2.32. The standard InChI is InChI=1S/C15H19N3O4.2ClH/c1-9(19)10-6-12-13(22-8-21-12)7-11(10)14(15(16)20)18-4-2-17-3-5-18;;/h6-7,14,17H,2-5,8H2,1H3,(H2,16,20);2*1H. The number of carbonyl (C=O) groups is 2. The Bertz CT molecular complexity index is 621. The van der Waals surface area contributed by atoms with E-state index in [1.54, 1.807) is 12.1 Å². The number of hydrogen-bond donors (Lipinski definition) is 2. The molecule has 3 N–H and O–H groups in total. The first-order valence-electron chi connectivity index (χ1n) is 7.26. The molecule has 3 rings (SSSR count). The van der Waals surface area contributed by atoms with Crippen LogP contribution in [0.3, 0.4) is 0 Å². The van der Waals surface area contributed by atoms with Gasteiger partial charge in [-0.1, -0.05) is 0 Å². The number of carbonyl (C=O) groups excluding carboxylic acids is 2. The van der Waals surface area contributed by atoms with Gasteiger partial charge in [-0.15, -0.1) is 24.8 Å². The van der Waals surface area contributed by atoms with Crippen molar-refractivity contribution >= 4 is 36.5 Å². The van der Waals surface area contributed by atoms with Gasteiger partial charge in [0.1, 0.15) is 6.04 Å². The molecule has 0 bridgehead atoms. The molecule has 1 amide bonds. The Kier molecular flexibility index (Phi) is 7.28. The molecule has 9 heteroatoms. The van der Waals surface area contributed by atoms with Crippen molar-refractivity contribution in [3.05, 3.63) is 23.3 Å². The first-order valence-corrected chi connectivity index (χ1v) is 7.26. The Morgan fingerprint density at radius 2 is 1.75 bits per heavy atom. The predicted molar refractivity (Wildman–Crippen MR) is 93.4 cm³/mol. The zero-order chi connectivity index (χ0) is 15.7. The van der Waals surface area contributed by atoms with Crippen LogP contribution >= 0.6 is 24.8 Å². The SMILES string of the molecule is CC(=O)c1cc2c(cc1C(C(N)=O)N1CCNCC1)OCO2.Cl.Cl. The lowest BCUT2D eigenvalue weighted by Gasteiger charge is -2.34. The number of ketones is 1. The van der Waals surface area contributed by atoms with Crippen molar-refractivity contribution < 1.29 is 19.1 Å². The third-order valence-corrected chi connectivity index (χ3v) is 4.00. The molecule has 2 aliphatic heterocycles. The number of nitrogens with zero attached hydrogens (tertiary/aromatic N) is 1. The molecule has 134 valence electrons. The molecule has 0 aliphatic carbocycles. The van der Waals surface area contributed by atoms with Gasteiger partial charge in [-0.3, -0.25) is 14.5 Å². The van der Waals surface area contributed by atoms with Crippen LogP contribution in [0.25, 0.3) is 0 Å². The van der Waals surface area contributed by atoms with E-state index in [4.69, 9.17) is 15.2 Å². The number of hydrogen-bond acceptors (Lipinski definition) is 6. The van der Waals surface area contributed by atoms with E-state index in [1.165, 1.54) is 6.92 Å². The topological polar surface area (TPSA) is 93.9 Å². The van der Waals surface area contributed by atoms with Gasteiger partial charge in [-0.05, 0) is 24.6 Å². The molecule has 0 spiro atoms.